The molecule has 17 heteroatoms. The number of thiol groups is 1. The molecule has 0 bridgehead atoms. The number of hydrogen-bond acceptors (Lipinski definition) is 13. The van der Waals surface area contributed by atoms with E-state index in [9.17, 15) is 28.8 Å². The number of hydrogen-bond donors (Lipinski definition) is 4. The van der Waals surface area contributed by atoms with Crippen LogP contribution in [0.15, 0.2) is 96.0 Å². The number of amides is 4. The van der Waals surface area contributed by atoms with Gasteiger partial charge in [-0.2, -0.15) is 0 Å². The minimum Gasteiger partial charge on any atom is -0.493 e. The van der Waals surface area contributed by atoms with Crippen molar-refractivity contribution in [2.24, 2.45) is 10.9 Å². The van der Waals surface area contributed by atoms with Crippen LogP contribution in [-0.2, 0) is 56.5 Å². The first-order valence-electron chi connectivity index (χ1n) is 24.6. The number of fused-ring (bicyclic) bond motifs is 8. The average molecular weight is 1010 g/mol. The summed E-state index contributed by atoms with van der Waals surface area (Å²) in [5, 5.41) is 5.68. The fraction of sp³-hybridized carbons (Fsp3) is 0.339. The van der Waals surface area contributed by atoms with E-state index in [4.69, 9.17) is 19.2 Å². The Bertz CT molecular complexity index is 3030. The Hall–Kier alpha value is -7.50. The van der Waals surface area contributed by atoms with Gasteiger partial charge in [0.2, 0.25) is 11.8 Å². The predicted molar refractivity (Wildman–Crippen MR) is 279 cm³/mol. The quantitative estimate of drug-likeness (QED) is 0.0352. The van der Waals surface area contributed by atoms with Gasteiger partial charge < -0.3 is 34.6 Å². The Kier molecular flexibility index (Phi) is 15.3. The van der Waals surface area contributed by atoms with Crippen LogP contribution < -0.4 is 39.5 Å². The third-order valence-electron chi connectivity index (χ3n) is 13.9. The third-order valence-corrected chi connectivity index (χ3v) is 14.0. The van der Waals surface area contributed by atoms with Gasteiger partial charge in [-0.25, -0.2) is 0 Å². The van der Waals surface area contributed by atoms with Crippen molar-refractivity contribution in [2.45, 2.75) is 110 Å². The summed E-state index contributed by atoms with van der Waals surface area (Å²) in [6.07, 6.45) is 5.74. The van der Waals surface area contributed by atoms with E-state index >= 15 is 0 Å². The van der Waals surface area contributed by atoms with Gasteiger partial charge in [0, 0.05) is 72.5 Å². The molecule has 5 aromatic carbocycles. The van der Waals surface area contributed by atoms with Crippen LogP contribution >= 0.6 is 12.8 Å². The first-order valence-corrected chi connectivity index (χ1v) is 25.1. The van der Waals surface area contributed by atoms with E-state index in [0.717, 1.165) is 47.3 Å². The van der Waals surface area contributed by atoms with Crippen LogP contribution in [0.4, 0.5) is 22.7 Å². The molecule has 378 valence electrons. The zero-order valence-electron chi connectivity index (χ0n) is 41.2. The number of carbonyl (C=O) groups is 6. The summed E-state index contributed by atoms with van der Waals surface area (Å²) in [5.41, 5.74) is 9.15. The Labute approximate surface area is 429 Å². The molecule has 4 aliphatic rings. The molecule has 4 atom stereocenters. The third kappa shape index (κ3) is 11.1. The minimum atomic E-state index is -0.837. The molecule has 0 saturated carbocycles. The molecule has 0 aromatic heterocycles. The second-order valence-corrected chi connectivity index (χ2v) is 19.3. The molecule has 0 fully saturated rings. The first kappa shape index (κ1) is 50.4. The van der Waals surface area contributed by atoms with Crippen molar-refractivity contribution in [3.63, 3.8) is 0 Å². The summed E-state index contributed by atoms with van der Waals surface area (Å²) in [4.78, 5) is 94.3. The van der Waals surface area contributed by atoms with E-state index in [1.807, 2.05) is 77.4 Å². The summed E-state index contributed by atoms with van der Waals surface area (Å²) in [7, 11) is 1.51. The van der Waals surface area contributed by atoms with Crippen LogP contribution in [0.2, 0.25) is 0 Å². The smallest absolute Gasteiger partial charge is 0.325 e. The molecule has 16 nitrogen and oxygen atoms in total. The van der Waals surface area contributed by atoms with E-state index in [-0.39, 0.29) is 68.1 Å². The SMILES string of the molecule is COc1cc2c(cc1OCc1cc(COc3cc4c(cc3C)C(=O)N3c5ccccc5C[C@H]3CC4)cc(NC(=O)[C@H](C)CC(=O)[C@H](C)NC(=O)CCCCC(=O)ONS)c1)N=C[C@@H]1Cc3ccccc3N1C2=O. The number of carbonyl (C=O) groups excluding carboxylic acids is 6. The van der Waals surface area contributed by atoms with Gasteiger partial charge in [-0.15, -0.1) is 0 Å². The van der Waals surface area contributed by atoms with E-state index in [2.05, 4.69) is 34.4 Å². The highest BCUT2D eigenvalue weighted by molar-refractivity contribution is 7.77. The highest BCUT2D eigenvalue weighted by Crippen LogP contribution is 2.42. The number of aliphatic imine (C=N–C) groups is 1. The van der Waals surface area contributed by atoms with Gasteiger partial charge in [0.05, 0.1) is 30.4 Å². The summed E-state index contributed by atoms with van der Waals surface area (Å²) < 4.78 is 18.7. The van der Waals surface area contributed by atoms with Crippen molar-refractivity contribution in [2.75, 3.05) is 22.2 Å². The minimum absolute atomic E-state index is 0.00771. The van der Waals surface area contributed by atoms with E-state index in [1.165, 1.54) is 12.7 Å². The summed E-state index contributed by atoms with van der Waals surface area (Å²) in [6.45, 7) is 5.27. The summed E-state index contributed by atoms with van der Waals surface area (Å²) >= 11 is 3.62. The maximum atomic E-state index is 14.1. The maximum Gasteiger partial charge on any atom is 0.325 e. The molecule has 4 heterocycles. The highest BCUT2D eigenvalue weighted by Gasteiger charge is 2.38. The number of methoxy groups -OCH3 is 1. The van der Waals surface area contributed by atoms with Gasteiger partial charge in [0.25, 0.3) is 11.8 Å². The lowest BCUT2D eigenvalue weighted by molar-refractivity contribution is -0.146. The van der Waals surface area contributed by atoms with E-state index in [0.29, 0.717) is 70.1 Å². The van der Waals surface area contributed by atoms with Crippen molar-refractivity contribution in [1.82, 2.24) is 10.2 Å². The normalized spacial score (nSPS) is 16.8. The fourth-order valence-electron chi connectivity index (χ4n) is 10.1. The lowest BCUT2D eigenvalue weighted by Crippen LogP contribution is -2.39. The number of ketones is 1. The summed E-state index contributed by atoms with van der Waals surface area (Å²) in [6, 6.07) is 27.7. The van der Waals surface area contributed by atoms with E-state index in [1.54, 1.807) is 49.2 Å². The zero-order chi connectivity index (χ0) is 51.3. The molecule has 5 aromatic rings. The van der Waals surface area contributed by atoms with Crippen molar-refractivity contribution in [3.8, 4) is 17.2 Å². The lowest BCUT2D eigenvalue weighted by atomic mass is 9.98. The van der Waals surface area contributed by atoms with Crippen LogP contribution in [0.5, 0.6) is 17.2 Å². The number of anilines is 3. The van der Waals surface area contributed by atoms with Crippen molar-refractivity contribution < 1.29 is 47.8 Å². The maximum absolute atomic E-state index is 14.1. The van der Waals surface area contributed by atoms with Crippen LogP contribution in [0, 0.1) is 12.8 Å². The van der Waals surface area contributed by atoms with Gasteiger partial charge >= 0.3 is 5.97 Å². The molecule has 0 aliphatic carbocycles. The molecule has 0 radical (unpaired) electrons. The van der Waals surface area contributed by atoms with Gasteiger partial charge in [0.1, 0.15) is 19.0 Å². The highest BCUT2D eigenvalue weighted by atomic mass is 32.1. The molecule has 3 N–H and O–H groups in total. The number of rotatable bonds is 19. The van der Waals surface area contributed by atoms with Gasteiger partial charge in [0.15, 0.2) is 17.3 Å². The standard InChI is InChI=1S/C56H58N6O10S/c1-32-19-43-37(17-18-41-24-38-11-5-7-13-46(38)61(41)55(43)67)26-49(32)70-30-35-21-36(23-40(22-35)59-54(66)33(2)20-48(63)34(3)58-52(64)15-9-10-16-53(65)72-60-73)31-71-51-28-45-44(27-50(51)69-4)56(68)62-42(29-57-45)25-39-12-6-8-14-47(39)62/h5-8,11-14,19,21-23,26-29,33-34,41-42,60,73H,9-10,15-18,20,24-25,30-31H2,1-4H3,(H,58,64)(H,59,66)/t33-,34+,41-,42+/m1/s1. The second-order valence-electron chi connectivity index (χ2n) is 19.1. The van der Waals surface area contributed by atoms with Crippen molar-refractivity contribution in [3.05, 3.63) is 136 Å². The Morgan fingerprint density at radius 1 is 0.767 bits per heavy atom. The fourth-order valence-corrected chi connectivity index (χ4v) is 10.2. The largest absolute Gasteiger partial charge is 0.493 e. The number of Topliss-reactive ketones (excluding diaryl/α,β-unsaturated/α-hetero) is 1. The van der Waals surface area contributed by atoms with Crippen LogP contribution in [0.3, 0.4) is 0 Å². The van der Waals surface area contributed by atoms with Crippen LogP contribution in [-0.4, -0.2) is 66.8 Å². The van der Waals surface area contributed by atoms with Crippen molar-refractivity contribution in [1.29, 1.82) is 0 Å². The van der Waals surface area contributed by atoms with Gasteiger partial charge in [-0.05, 0) is 128 Å². The van der Waals surface area contributed by atoms with Crippen molar-refractivity contribution >= 4 is 77.2 Å². The van der Waals surface area contributed by atoms with Gasteiger partial charge in [-0.3, -0.25) is 38.7 Å². The van der Waals surface area contributed by atoms with E-state index < -0.39 is 23.8 Å². The van der Waals surface area contributed by atoms with Crippen LogP contribution in [0.1, 0.15) is 106 Å². The predicted octanol–water partition coefficient (Wildman–Crippen LogP) is 8.46. The monoisotopic (exact) mass is 1010 g/mol. The average Bonchev–Trinajstić information content (AvgIpc) is 3.88. The number of aryl methyl sites for hydroxylation is 2. The molecule has 9 rings (SSSR count). The molecule has 73 heavy (non-hydrogen) atoms. The molecule has 4 amide bonds. The molecule has 0 unspecified atom stereocenters. The number of unbranched alkanes of at least 4 members (excludes halogenated alkanes) is 1. The second kappa shape index (κ2) is 22.1. The zero-order valence-corrected chi connectivity index (χ0v) is 42.1. The Morgan fingerprint density at radius 3 is 2.16 bits per heavy atom. The number of nitrogens with one attached hydrogen (secondary N) is 3. The summed E-state index contributed by atoms with van der Waals surface area (Å²) in [5.74, 6) is -1.18. The van der Waals surface area contributed by atoms with Gasteiger partial charge in [-0.1, -0.05) is 61.0 Å². The van der Waals surface area contributed by atoms with Crippen LogP contribution in [0.25, 0.3) is 0 Å². The lowest BCUT2D eigenvalue weighted by Gasteiger charge is -2.23. The number of benzene rings is 5. The number of para-hydroxylation sites is 2. The Morgan fingerprint density at radius 2 is 1.44 bits per heavy atom. The molecule has 0 spiro atoms. The molecular weight excluding hydrogens is 949 g/mol. The molecule has 4 aliphatic heterocycles. The topological polar surface area (TPSA) is 194 Å². The Balaban J connectivity index is 0.913. The molecular formula is C56H58N6O10S. The first-order chi connectivity index (χ1) is 35.3. The number of ether oxygens (including phenoxy) is 3. The molecule has 0 saturated heterocycles. The number of nitrogens with zero attached hydrogens (tertiary/aromatic N) is 3.